The molecule has 0 saturated carbocycles. The van der Waals surface area contributed by atoms with Gasteiger partial charge in [0, 0.05) is 18.2 Å². The van der Waals surface area contributed by atoms with Crippen LogP contribution in [0.25, 0.3) is 0 Å². The smallest absolute Gasteiger partial charge is 0.301 e. The summed E-state index contributed by atoms with van der Waals surface area (Å²) in [7, 11) is 0. The molecule has 3 rings (SSSR count). The number of anilines is 1. The molecule has 3 aromatic rings. The molecule has 13 heteroatoms. The Kier molecular flexibility index (Phi) is 7.85. The Labute approximate surface area is 198 Å². The van der Waals surface area contributed by atoms with Crippen molar-refractivity contribution in [3.05, 3.63) is 102 Å². The summed E-state index contributed by atoms with van der Waals surface area (Å²) in [6, 6.07) is 14.2. The lowest BCUT2D eigenvalue weighted by Crippen LogP contribution is -2.01. The molecular weight excluding hydrogens is 462 g/mol. The molecule has 180 valence electrons. The van der Waals surface area contributed by atoms with Crippen molar-refractivity contribution >= 4 is 29.0 Å². The van der Waals surface area contributed by atoms with Crippen molar-refractivity contribution in [1.29, 1.82) is 0 Å². The number of nitrogens with zero attached hydrogens (tertiary/aromatic N) is 4. The molecule has 0 saturated heterocycles. The summed E-state index contributed by atoms with van der Waals surface area (Å²) in [5.74, 6) is 0.876. The van der Waals surface area contributed by atoms with Gasteiger partial charge in [0.1, 0.15) is 12.3 Å². The molecule has 35 heavy (non-hydrogen) atoms. The van der Waals surface area contributed by atoms with Gasteiger partial charge in [-0.2, -0.15) is 5.10 Å². The van der Waals surface area contributed by atoms with Gasteiger partial charge in [-0.25, -0.2) is 0 Å². The summed E-state index contributed by atoms with van der Waals surface area (Å²) in [5, 5.41) is 36.8. The average molecular weight is 481 g/mol. The van der Waals surface area contributed by atoms with E-state index in [1.54, 1.807) is 37.3 Å². The number of ether oxygens (including phenoxy) is 2. The van der Waals surface area contributed by atoms with Gasteiger partial charge in [-0.1, -0.05) is 0 Å². The summed E-state index contributed by atoms with van der Waals surface area (Å²) in [6.07, 6.45) is 1.40. The molecule has 0 aliphatic rings. The minimum absolute atomic E-state index is 0.00932. The standard InChI is InChI=1S/C22H19N5O8/c1-2-34-22-11-16(5-10-21(22)35-14-15-3-6-17(7-4-15)25(28)29)13-23-24-19-9-8-18(26(30)31)12-20(19)27(32)33/h3-13,24H,2,14H2,1H3/b23-13-. The Morgan fingerprint density at radius 2 is 1.51 bits per heavy atom. The van der Waals surface area contributed by atoms with E-state index in [0.717, 1.165) is 17.7 Å². The van der Waals surface area contributed by atoms with Crippen LogP contribution in [0.4, 0.5) is 22.7 Å². The largest absolute Gasteiger partial charge is 0.490 e. The fourth-order valence-electron chi connectivity index (χ4n) is 2.92. The highest BCUT2D eigenvalue weighted by Gasteiger charge is 2.19. The van der Waals surface area contributed by atoms with Crippen LogP contribution in [0.2, 0.25) is 0 Å². The maximum absolute atomic E-state index is 11.2. The van der Waals surface area contributed by atoms with Crippen molar-refractivity contribution in [3.63, 3.8) is 0 Å². The third-order valence-electron chi connectivity index (χ3n) is 4.60. The molecule has 0 aliphatic carbocycles. The number of nitro groups is 3. The van der Waals surface area contributed by atoms with Gasteiger partial charge in [0.05, 0.1) is 33.7 Å². The molecule has 0 unspecified atom stereocenters. The van der Waals surface area contributed by atoms with Crippen molar-refractivity contribution in [1.82, 2.24) is 0 Å². The van der Waals surface area contributed by atoms with Gasteiger partial charge in [0.2, 0.25) is 0 Å². The Bertz CT molecular complexity index is 1280. The minimum Gasteiger partial charge on any atom is -0.490 e. The zero-order chi connectivity index (χ0) is 25.4. The van der Waals surface area contributed by atoms with E-state index in [1.807, 2.05) is 0 Å². The van der Waals surface area contributed by atoms with Crippen LogP contribution >= 0.6 is 0 Å². The first-order valence-electron chi connectivity index (χ1n) is 10.1. The second-order valence-electron chi connectivity index (χ2n) is 6.94. The van der Waals surface area contributed by atoms with E-state index in [0.29, 0.717) is 23.7 Å². The van der Waals surface area contributed by atoms with Crippen molar-refractivity contribution < 1.29 is 24.2 Å². The van der Waals surface area contributed by atoms with Crippen LogP contribution in [-0.2, 0) is 6.61 Å². The van der Waals surface area contributed by atoms with Gasteiger partial charge in [0.15, 0.2) is 11.5 Å². The van der Waals surface area contributed by atoms with E-state index in [-0.39, 0.29) is 18.0 Å². The van der Waals surface area contributed by atoms with Crippen molar-refractivity contribution in [2.24, 2.45) is 5.10 Å². The highest BCUT2D eigenvalue weighted by Crippen LogP contribution is 2.30. The van der Waals surface area contributed by atoms with E-state index in [2.05, 4.69) is 10.5 Å². The predicted molar refractivity (Wildman–Crippen MR) is 126 cm³/mol. The number of rotatable bonds is 11. The molecule has 1 N–H and O–H groups in total. The average Bonchev–Trinajstić information content (AvgIpc) is 2.84. The number of hydrazone groups is 1. The molecule has 0 spiro atoms. The predicted octanol–water partition coefficient (Wildman–Crippen LogP) is 4.83. The maximum Gasteiger partial charge on any atom is 0.301 e. The van der Waals surface area contributed by atoms with Gasteiger partial charge in [-0.15, -0.1) is 0 Å². The van der Waals surface area contributed by atoms with Crippen LogP contribution in [0.1, 0.15) is 18.1 Å². The number of nitrogens with one attached hydrogen (secondary N) is 1. The molecule has 0 aliphatic heterocycles. The highest BCUT2D eigenvalue weighted by atomic mass is 16.6. The Hall–Kier alpha value is -5.07. The van der Waals surface area contributed by atoms with Gasteiger partial charge in [-0.05, 0) is 54.4 Å². The molecule has 0 heterocycles. The molecule has 0 fully saturated rings. The fourth-order valence-corrected chi connectivity index (χ4v) is 2.92. The first-order chi connectivity index (χ1) is 16.8. The molecule has 0 radical (unpaired) electrons. The van der Waals surface area contributed by atoms with Crippen LogP contribution in [-0.4, -0.2) is 27.6 Å². The third kappa shape index (κ3) is 6.47. The van der Waals surface area contributed by atoms with Crippen molar-refractivity contribution in [2.75, 3.05) is 12.0 Å². The lowest BCUT2D eigenvalue weighted by Gasteiger charge is -2.12. The second kappa shape index (κ2) is 11.2. The van der Waals surface area contributed by atoms with E-state index in [4.69, 9.17) is 9.47 Å². The molecule has 3 aromatic carbocycles. The lowest BCUT2D eigenvalue weighted by atomic mass is 10.2. The van der Waals surface area contributed by atoms with Gasteiger partial charge >= 0.3 is 5.69 Å². The number of non-ortho nitro benzene ring substituents is 2. The molecule has 0 atom stereocenters. The van der Waals surface area contributed by atoms with Crippen LogP contribution in [0.15, 0.2) is 65.8 Å². The van der Waals surface area contributed by atoms with Crippen LogP contribution < -0.4 is 14.9 Å². The van der Waals surface area contributed by atoms with Gasteiger partial charge < -0.3 is 9.47 Å². The van der Waals surface area contributed by atoms with Crippen LogP contribution in [0.3, 0.4) is 0 Å². The minimum atomic E-state index is -0.741. The summed E-state index contributed by atoms with van der Waals surface area (Å²) >= 11 is 0. The maximum atomic E-state index is 11.2. The number of nitro benzene ring substituents is 3. The Morgan fingerprint density at radius 1 is 0.829 bits per heavy atom. The van der Waals surface area contributed by atoms with E-state index >= 15 is 0 Å². The second-order valence-corrected chi connectivity index (χ2v) is 6.94. The zero-order valence-corrected chi connectivity index (χ0v) is 18.3. The molecule has 0 amide bonds. The SMILES string of the molecule is CCOc1cc(/C=N\Nc2ccc([N+](=O)[O-])cc2[N+](=O)[O-])ccc1OCc1ccc([N+](=O)[O-])cc1. The molecule has 0 bridgehead atoms. The highest BCUT2D eigenvalue weighted by molar-refractivity contribution is 5.82. The zero-order valence-electron chi connectivity index (χ0n) is 18.3. The van der Waals surface area contributed by atoms with E-state index < -0.39 is 26.1 Å². The van der Waals surface area contributed by atoms with E-state index in [9.17, 15) is 30.3 Å². The Morgan fingerprint density at radius 3 is 2.14 bits per heavy atom. The topological polar surface area (TPSA) is 172 Å². The lowest BCUT2D eigenvalue weighted by molar-refractivity contribution is -0.393. The van der Waals surface area contributed by atoms with E-state index in [1.165, 1.54) is 24.4 Å². The van der Waals surface area contributed by atoms with Crippen LogP contribution in [0.5, 0.6) is 11.5 Å². The molecule has 13 nitrogen and oxygen atoms in total. The van der Waals surface area contributed by atoms with Gasteiger partial charge in [0.25, 0.3) is 11.4 Å². The van der Waals surface area contributed by atoms with Gasteiger partial charge in [-0.3, -0.25) is 35.8 Å². The number of benzene rings is 3. The molecular formula is C22H19N5O8. The summed E-state index contributed by atoms with van der Waals surface area (Å²) in [6.45, 7) is 2.33. The summed E-state index contributed by atoms with van der Waals surface area (Å²) < 4.78 is 11.4. The van der Waals surface area contributed by atoms with Crippen LogP contribution in [0, 0.1) is 30.3 Å². The normalized spacial score (nSPS) is 10.7. The third-order valence-corrected chi connectivity index (χ3v) is 4.60. The van der Waals surface area contributed by atoms with Crippen molar-refractivity contribution in [2.45, 2.75) is 13.5 Å². The van der Waals surface area contributed by atoms with Crippen molar-refractivity contribution in [3.8, 4) is 11.5 Å². The quantitative estimate of drug-likeness (QED) is 0.228. The first kappa shape index (κ1) is 24.6. The summed E-state index contributed by atoms with van der Waals surface area (Å²) in [4.78, 5) is 30.9. The molecule has 0 aromatic heterocycles. The first-order valence-corrected chi connectivity index (χ1v) is 10.1. The number of hydrogen-bond acceptors (Lipinski definition) is 10. The Balaban J connectivity index is 1.72. The summed E-state index contributed by atoms with van der Waals surface area (Å²) in [5.41, 5.74) is 2.93. The monoisotopic (exact) mass is 481 g/mol. The number of hydrogen-bond donors (Lipinski definition) is 1. The fraction of sp³-hybridized carbons (Fsp3) is 0.136.